The lowest BCUT2D eigenvalue weighted by molar-refractivity contribution is -0.438. The summed E-state index contributed by atoms with van der Waals surface area (Å²) in [4.78, 5) is 25.4. The van der Waals surface area contributed by atoms with E-state index in [9.17, 15) is 14.1 Å². The topological polar surface area (TPSA) is 146 Å². The van der Waals surface area contributed by atoms with Crippen molar-refractivity contribution in [3.05, 3.63) is 113 Å². The summed E-state index contributed by atoms with van der Waals surface area (Å²) in [6.45, 7) is 14.4. The molecule has 0 fully saturated rings. The molecule has 0 saturated carbocycles. The summed E-state index contributed by atoms with van der Waals surface area (Å²) in [5, 5.41) is 15.5. The number of rotatable bonds is 19. The van der Waals surface area contributed by atoms with Crippen LogP contribution in [0.2, 0.25) is 0 Å². The molecule has 12 heteroatoms. The van der Waals surface area contributed by atoms with Gasteiger partial charge in [-0.1, -0.05) is 58.1 Å². The first kappa shape index (κ1) is 45.4. The molecule has 0 saturated heterocycles. The van der Waals surface area contributed by atoms with Gasteiger partial charge in [-0.3, -0.25) is 9.59 Å². The van der Waals surface area contributed by atoms with Crippen molar-refractivity contribution in [3.8, 4) is 5.75 Å². The Morgan fingerprint density at radius 1 is 0.930 bits per heavy atom. The molecular formula is C45H59N4O6S2+. The molecular weight excluding hydrogens is 757 g/mol. The lowest BCUT2D eigenvalue weighted by atomic mass is 9.81. The Bertz CT molecular complexity index is 1970. The van der Waals surface area contributed by atoms with Gasteiger partial charge in [0.05, 0.1) is 19.1 Å². The van der Waals surface area contributed by atoms with Crippen molar-refractivity contribution >= 4 is 53.0 Å². The van der Waals surface area contributed by atoms with Crippen LogP contribution in [0.1, 0.15) is 83.9 Å². The number of carbonyl (C=O) groups is 2. The zero-order chi connectivity index (χ0) is 41.6. The smallest absolute Gasteiger partial charge is 0.320 e. The Morgan fingerprint density at radius 2 is 1.65 bits per heavy atom. The first-order chi connectivity index (χ1) is 27.3. The highest BCUT2D eigenvalue weighted by Crippen LogP contribution is 2.45. The Kier molecular flexibility index (Phi) is 17.1. The predicted molar refractivity (Wildman–Crippen MR) is 234 cm³/mol. The number of hydrogen-bond donors (Lipinski definition) is 5. The van der Waals surface area contributed by atoms with Crippen LogP contribution in [0.25, 0.3) is 0 Å². The molecule has 1 amide bonds. The minimum atomic E-state index is -1.03. The Hall–Kier alpha value is -4.33. The third kappa shape index (κ3) is 11.9. The number of carbonyl (C=O) groups excluding carboxylic acids is 1. The zero-order valence-electron chi connectivity index (χ0n) is 34.3. The van der Waals surface area contributed by atoms with Gasteiger partial charge in [-0.05, 0) is 92.8 Å². The number of carboxylic acids is 1. The summed E-state index contributed by atoms with van der Waals surface area (Å²) < 4.78 is 23.2. The number of unbranched alkanes of at least 4 members (excludes halogenated alkanes) is 2. The van der Waals surface area contributed by atoms with Crippen LogP contribution in [-0.2, 0) is 31.0 Å². The normalized spacial score (nSPS) is 16.3. The third-order valence-electron chi connectivity index (χ3n) is 10.2. The predicted octanol–water partition coefficient (Wildman–Crippen LogP) is 9.42. The lowest BCUT2D eigenvalue weighted by Gasteiger charge is -2.20. The van der Waals surface area contributed by atoms with Gasteiger partial charge < -0.3 is 34.9 Å². The van der Waals surface area contributed by atoms with Crippen molar-refractivity contribution in [2.45, 2.75) is 100 Å². The lowest BCUT2D eigenvalue weighted by Crippen LogP contribution is -2.32. The summed E-state index contributed by atoms with van der Waals surface area (Å²) in [5.41, 5.74) is 13.0. The van der Waals surface area contributed by atoms with Crippen molar-refractivity contribution < 1.29 is 32.7 Å². The van der Waals surface area contributed by atoms with Crippen LogP contribution in [0.3, 0.4) is 0 Å². The molecule has 0 aliphatic carbocycles. The monoisotopic (exact) mass is 815 g/mol. The number of nitrogens with zero attached hydrogens (tertiary/aromatic N) is 1. The summed E-state index contributed by atoms with van der Waals surface area (Å²) in [6, 6.07) is 18.7. The number of hydrogen-bond acceptors (Lipinski definition) is 9. The molecule has 5 rings (SSSR count). The number of ether oxygens (including phenoxy) is 1. The van der Waals surface area contributed by atoms with E-state index in [1.54, 1.807) is 31.4 Å². The number of benzene rings is 3. The van der Waals surface area contributed by atoms with Gasteiger partial charge in [-0.25, -0.2) is 0 Å². The van der Waals surface area contributed by atoms with Gasteiger partial charge >= 0.3 is 5.97 Å². The standard InChI is InChI=1S/C43H52N4O6S2.C2H6/c1-42(2)33-28-32(55-52-5)19-21-36(33)46-38(42)12-8-6-9-13-39-43(3,4)34-27-31(54-51)20-22-37(34)47(39)24-11-7-10-14-40(48)45-23-25-53-30-17-15-29(16-18-30)26-35(44)41(49)50;1-2/h6,8-9,12-13,15-22,27-28,35H,7,10-11,14,23-26,44H2,1-5H3,(H3,45,48,49,50,51);1-2H3/p+1/t35-;/m0./s1. The quantitative estimate of drug-likeness (QED) is 0.0343. The van der Waals surface area contributed by atoms with Gasteiger partial charge in [0.15, 0.2) is 5.71 Å². The van der Waals surface area contributed by atoms with Crippen molar-refractivity contribution in [3.63, 3.8) is 0 Å². The molecule has 57 heavy (non-hydrogen) atoms. The minimum absolute atomic E-state index is 0.00449. The second-order valence-corrected chi connectivity index (χ2v) is 16.4. The number of anilines is 1. The molecule has 2 aliphatic rings. The molecule has 306 valence electrons. The van der Waals surface area contributed by atoms with E-state index < -0.39 is 12.0 Å². The Balaban J connectivity index is 0.00000354. The number of amides is 1. The van der Waals surface area contributed by atoms with Crippen molar-refractivity contribution in [2.24, 2.45) is 5.73 Å². The molecule has 3 aromatic rings. The number of fused-ring (bicyclic) bond motifs is 2. The van der Waals surface area contributed by atoms with Crippen molar-refractivity contribution in [1.82, 2.24) is 5.32 Å². The Labute approximate surface area is 347 Å². The van der Waals surface area contributed by atoms with E-state index in [1.807, 2.05) is 19.9 Å². The fraction of sp³-hybridized carbons (Fsp3) is 0.400. The fourth-order valence-corrected chi connectivity index (χ4v) is 7.83. The van der Waals surface area contributed by atoms with Crippen LogP contribution in [0.4, 0.5) is 11.4 Å². The van der Waals surface area contributed by atoms with Crippen LogP contribution in [0.15, 0.2) is 107 Å². The SMILES string of the molecule is CC.COSc1ccc2c(c1)C(C)(C)/C(=C/C=C/C=C/C1=[N+](CCCCCC(=O)NCCOc3ccc(C[C@H](N)C(=O)O)cc3)c3ccc(SO)cc3C1(C)C)N2. The average Bonchev–Trinajstić information content (AvgIpc) is 3.57. The van der Waals surface area contributed by atoms with Gasteiger partial charge in [0.1, 0.15) is 24.9 Å². The summed E-state index contributed by atoms with van der Waals surface area (Å²) in [5.74, 6) is -0.391. The van der Waals surface area contributed by atoms with Crippen LogP contribution >= 0.6 is 24.1 Å². The number of carboxylic acid groups (broad SMARTS) is 1. The van der Waals surface area contributed by atoms with Crippen LogP contribution in [-0.4, -0.2) is 64.7 Å². The molecule has 2 heterocycles. The molecule has 10 nitrogen and oxygen atoms in total. The highest BCUT2D eigenvalue weighted by atomic mass is 32.2. The summed E-state index contributed by atoms with van der Waals surface area (Å²) in [7, 11) is 1.68. The van der Waals surface area contributed by atoms with Crippen molar-refractivity contribution in [1.29, 1.82) is 0 Å². The molecule has 0 spiro atoms. The van der Waals surface area contributed by atoms with Crippen LogP contribution < -0.4 is 21.1 Å². The molecule has 0 radical (unpaired) electrons. The van der Waals surface area contributed by atoms with E-state index in [0.717, 1.165) is 70.3 Å². The third-order valence-corrected chi connectivity index (χ3v) is 11.2. The highest BCUT2D eigenvalue weighted by molar-refractivity contribution is 7.94. The van der Waals surface area contributed by atoms with E-state index in [2.05, 4.69) is 104 Å². The average molecular weight is 816 g/mol. The first-order valence-electron chi connectivity index (χ1n) is 19.6. The summed E-state index contributed by atoms with van der Waals surface area (Å²) >= 11 is 2.13. The van der Waals surface area contributed by atoms with Gasteiger partial charge in [-0.2, -0.15) is 4.58 Å². The van der Waals surface area contributed by atoms with E-state index in [-0.39, 0.29) is 23.2 Å². The maximum atomic E-state index is 12.5. The maximum absolute atomic E-state index is 12.5. The number of nitrogens with two attached hydrogens (primary N) is 1. The van der Waals surface area contributed by atoms with Crippen molar-refractivity contribution in [2.75, 3.05) is 32.1 Å². The molecule has 0 bridgehead atoms. The van der Waals surface area contributed by atoms with Gasteiger partial charge in [-0.15, -0.1) is 0 Å². The molecule has 3 aromatic carbocycles. The molecule has 0 aromatic heterocycles. The van der Waals surface area contributed by atoms with Crippen LogP contribution in [0, 0.1) is 0 Å². The minimum Gasteiger partial charge on any atom is -0.492 e. The van der Waals surface area contributed by atoms with Gasteiger partial charge in [0.2, 0.25) is 11.6 Å². The summed E-state index contributed by atoms with van der Waals surface area (Å²) in [6.07, 6.45) is 13.9. The second kappa shape index (κ2) is 21.4. The zero-order valence-corrected chi connectivity index (χ0v) is 35.9. The van der Waals surface area contributed by atoms with E-state index in [4.69, 9.17) is 19.8 Å². The fourth-order valence-electron chi connectivity index (χ4n) is 7.05. The number of aliphatic carboxylic acids is 1. The maximum Gasteiger partial charge on any atom is 0.320 e. The number of nitrogens with one attached hydrogen (secondary N) is 2. The molecule has 1 atom stereocenters. The molecule has 2 aliphatic heterocycles. The van der Waals surface area contributed by atoms with Gasteiger partial charge in [0, 0.05) is 81.2 Å². The number of allylic oxidation sites excluding steroid dienone is 6. The largest absolute Gasteiger partial charge is 0.492 e. The van der Waals surface area contributed by atoms with E-state index >= 15 is 0 Å². The molecule has 6 N–H and O–H groups in total. The van der Waals surface area contributed by atoms with E-state index in [1.165, 1.54) is 28.9 Å². The first-order valence-corrected chi connectivity index (χ1v) is 21.1. The highest BCUT2D eigenvalue weighted by Gasteiger charge is 2.44. The second-order valence-electron chi connectivity index (χ2n) is 14.8. The molecule has 0 unspecified atom stereocenters. The van der Waals surface area contributed by atoms with Gasteiger partial charge in [0.25, 0.3) is 0 Å². The van der Waals surface area contributed by atoms with E-state index in [0.29, 0.717) is 25.3 Å². The van der Waals surface area contributed by atoms with Crippen LogP contribution in [0.5, 0.6) is 5.75 Å². The Morgan fingerprint density at radius 3 is 2.35 bits per heavy atom.